The molecular weight excluding hydrogens is 402 g/mol. The van der Waals surface area contributed by atoms with Gasteiger partial charge in [-0.25, -0.2) is 9.97 Å². The van der Waals surface area contributed by atoms with Crippen LogP contribution in [0, 0.1) is 13.8 Å². The van der Waals surface area contributed by atoms with Gasteiger partial charge < -0.3 is 4.74 Å². The van der Waals surface area contributed by atoms with Gasteiger partial charge in [0.2, 0.25) is 0 Å². The molecule has 0 saturated carbocycles. The summed E-state index contributed by atoms with van der Waals surface area (Å²) >= 11 is 3.13. The van der Waals surface area contributed by atoms with Gasteiger partial charge in [-0.3, -0.25) is 9.69 Å². The van der Waals surface area contributed by atoms with Gasteiger partial charge >= 0.3 is 0 Å². The molecule has 1 unspecified atom stereocenters. The molecular formula is C22H21N3O2S2. The fourth-order valence-electron chi connectivity index (χ4n) is 3.86. The Morgan fingerprint density at radius 2 is 2.14 bits per heavy atom. The van der Waals surface area contributed by atoms with E-state index in [2.05, 4.69) is 31.0 Å². The number of rotatable bonds is 4. The maximum Gasteiger partial charge on any atom is 0.260 e. The molecule has 2 aromatic heterocycles. The van der Waals surface area contributed by atoms with Gasteiger partial charge in [0, 0.05) is 12.2 Å². The number of aromatic nitrogens is 2. The summed E-state index contributed by atoms with van der Waals surface area (Å²) in [5.74, 6) is -0.0377. The molecule has 5 nitrogen and oxygen atoms in total. The second kappa shape index (κ2) is 7.48. The number of fused-ring (bicyclic) bond motifs is 2. The van der Waals surface area contributed by atoms with Crippen LogP contribution in [-0.4, -0.2) is 35.1 Å². The molecule has 1 saturated heterocycles. The van der Waals surface area contributed by atoms with Gasteiger partial charge in [-0.1, -0.05) is 17.4 Å². The highest BCUT2D eigenvalue weighted by molar-refractivity contribution is 7.22. The zero-order valence-corrected chi connectivity index (χ0v) is 18.0. The van der Waals surface area contributed by atoms with E-state index < -0.39 is 0 Å². The second-order valence-electron chi connectivity index (χ2n) is 7.51. The van der Waals surface area contributed by atoms with E-state index in [0.29, 0.717) is 12.1 Å². The summed E-state index contributed by atoms with van der Waals surface area (Å²) in [5, 5.41) is 0.735. The average Bonchev–Trinajstić information content (AvgIpc) is 3.44. The van der Waals surface area contributed by atoms with Crippen LogP contribution in [-0.2, 0) is 4.74 Å². The summed E-state index contributed by atoms with van der Waals surface area (Å²) in [5.41, 5.74) is 6.71. The van der Waals surface area contributed by atoms with Crippen molar-refractivity contribution >= 4 is 54.1 Å². The van der Waals surface area contributed by atoms with E-state index >= 15 is 0 Å². The smallest absolute Gasteiger partial charge is 0.260 e. The van der Waals surface area contributed by atoms with Crippen molar-refractivity contribution in [2.75, 3.05) is 18.1 Å². The number of thiazole rings is 2. The van der Waals surface area contributed by atoms with Crippen LogP contribution in [0.2, 0.25) is 0 Å². The lowest BCUT2D eigenvalue weighted by molar-refractivity contribution is 0.0917. The molecule has 1 atom stereocenters. The number of benzene rings is 2. The first-order chi connectivity index (χ1) is 14.1. The molecule has 0 aliphatic carbocycles. The number of nitrogens with zero attached hydrogens (tertiary/aromatic N) is 3. The van der Waals surface area contributed by atoms with Crippen LogP contribution in [0.4, 0.5) is 5.13 Å². The van der Waals surface area contributed by atoms with Crippen LogP contribution in [0.15, 0.2) is 35.8 Å². The minimum absolute atomic E-state index is 0.0377. The van der Waals surface area contributed by atoms with E-state index in [4.69, 9.17) is 9.72 Å². The van der Waals surface area contributed by atoms with E-state index in [-0.39, 0.29) is 12.0 Å². The van der Waals surface area contributed by atoms with E-state index in [1.165, 1.54) is 11.1 Å². The molecule has 0 radical (unpaired) electrons. The summed E-state index contributed by atoms with van der Waals surface area (Å²) in [7, 11) is 0. The van der Waals surface area contributed by atoms with Gasteiger partial charge in [0.05, 0.1) is 38.6 Å². The number of ether oxygens (including phenoxy) is 1. The van der Waals surface area contributed by atoms with Crippen molar-refractivity contribution in [2.45, 2.75) is 32.8 Å². The quantitative estimate of drug-likeness (QED) is 0.444. The van der Waals surface area contributed by atoms with Crippen molar-refractivity contribution < 1.29 is 9.53 Å². The molecule has 4 aromatic rings. The second-order valence-corrected chi connectivity index (χ2v) is 9.38. The molecule has 0 N–H and O–H groups in total. The lowest BCUT2D eigenvalue weighted by Gasteiger charge is -2.23. The van der Waals surface area contributed by atoms with Crippen LogP contribution in [0.1, 0.15) is 34.3 Å². The molecule has 5 rings (SSSR count). The summed E-state index contributed by atoms with van der Waals surface area (Å²) < 4.78 is 7.99. The van der Waals surface area contributed by atoms with Crippen molar-refractivity contribution in [1.82, 2.24) is 9.97 Å². The van der Waals surface area contributed by atoms with Crippen LogP contribution < -0.4 is 4.90 Å². The Kier molecular flexibility index (Phi) is 4.81. The lowest BCUT2D eigenvalue weighted by Crippen LogP contribution is -2.37. The fraction of sp³-hybridized carbons (Fsp3) is 0.318. The number of hydrogen-bond acceptors (Lipinski definition) is 6. The van der Waals surface area contributed by atoms with Crippen LogP contribution >= 0.6 is 22.7 Å². The SMILES string of the molecule is Cc1cc(C)c2sc(N(CC3CCCO3)C(=O)c3ccc4ncsc4c3)nc2c1. The molecule has 0 spiro atoms. The summed E-state index contributed by atoms with van der Waals surface area (Å²) in [6.07, 6.45) is 2.07. The molecule has 29 heavy (non-hydrogen) atoms. The maximum absolute atomic E-state index is 13.5. The van der Waals surface area contributed by atoms with Gasteiger partial charge in [-0.2, -0.15) is 0 Å². The molecule has 7 heteroatoms. The first kappa shape index (κ1) is 18.7. The van der Waals surface area contributed by atoms with Crippen molar-refractivity contribution in [1.29, 1.82) is 0 Å². The molecule has 148 valence electrons. The minimum Gasteiger partial charge on any atom is -0.376 e. The highest BCUT2D eigenvalue weighted by atomic mass is 32.1. The normalized spacial score (nSPS) is 16.7. The van der Waals surface area contributed by atoms with Crippen molar-refractivity contribution in [3.05, 3.63) is 52.5 Å². The van der Waals surface area contributed by atoms with E-state index in [0.717, 1.165) is 45.0 Å². The van der Waals surface area contributed by atoms with Gasteiger partial charge in [0.15, 0.2) is 5.13 Å². The van der Waals surface area contributed by atoms with Gasteiger partial charge in [0.25, 0.3) is 5.91 Å². The van der Waals surface area contributed by atoms with Crippen molar-refractivity contribution in [2.24, 2.45) is 0 Å². The number of aryl methyl sites for hydroxylation is 2. The number of carbonyl (C=O) groups is 1. The van der Waals surface area contributed by atoms with Crippen molar-refractivity contribution in [3.8, 4) is 0 Å². The highest BCUT2D eigenvalue weighted by Crippen LogP contribution is 2.34. The Morgan fingerprint density at radius 1 is 1.24 bits per heavy atom. The predicted molar refractivity (Wildman–Crippen MR) is 119 cm³/mol. The van der Waals surface area contributed by atoms with Crippen molar-refractivity contribution in [3.63, 3.8) is 0 Å². The highest BCUT2D eigenvalue weighted by Gasteiger charge is 2.27. The Bertz CT molecular complexity index is 1210. The van der Waals surface area contributed by atoms with Gasteiger partial charge in [0.1, 0.15) is 0 Å². The standard InChI is InChI=1S/C22H21N3O2S2/c1-13-8-14(2)20-18(9-13)24-22(29-20)25(11-16-4-3-7-27-16)21(26)15-5-6-17-19(10-15)28-12-23-17/h5-6,8-10,12,16H,3-4,7,11H2,1-2H3. The monoisotopic (exact) mass is 423 g/mol. The van der Waals surface area contributed by atoms with E-state index in [9.17, 15) is 4.79 Å². The zero-order chi connectivity index (χ0) is 20.0. The first-order valence-corrected chi connectivity index (χ1v) is 11.4. The maximum atomic E-state index is 13.5. The minimum atomic E-state index is -0.0377. The third-order valence-corrected chi connectivity index (χ3v) is 7.29. The van der Waals surface area contributed by atoms with Gasteiger partial charge in [-0.05, 0) is 62.1 Å². The summed E-state index contributed by atoms with van der Waals surface area (Å²) in [6.45, 7) is 5.46. The Hall–Kier alpha value is -2.35. The topological polar surface area (TPSA) is 55.3 Å². The Labute approximate surface area is 177 Å². The third-order valence-electron chi connectivity index (χ3n) is 5.27. The number of anilines is 1. The number of amides is 1. The lowest BCUT2D eigenvalue weighted by atomic mass is 10.1. The molecule has 1 amide bonds. The number of hydrogen-bond donors (Lipinski definition) is 0. The van der Waals surface area contributed by atoms with E-state index in [1.807, 2.05) is 23.7 Å². The predicted octanol–water partition coefficient (Wildman–Crippen LogP) is 5.35. The molecule has 1 fully saturated rings. The van der Waals surface area contributed by atoms with Crippen LogP contribution in [0.3, 0.4) is 0 Å². The largest absolute Gasteiger partial charge is 0.376 e. The number of carbonyl (C=O) groups excluding carboxylic acids is 1. The third kappa shape index (κ3) is 3.54. The molecule has 1 aliphatic rings. The molecule has 3 heterocycles. The zero-order valence-electron chi connectivity index (χ0n) is 16.3. The van der Waals surface area contributed by atoms with E-state index in [1.54, 1.807) is 27.6 Å². The molecule has 1 aliphatic heterocycles. The first-order valence-electron chi connectivity index (χ1n) is 9.73. The Morgan fingerprint density at radius 3 is 2.97 bits per heavy atom. The summed E-state index contributed by atoms with van der Waals surface area (Å²) in [6, 6.07) is 9.94. The average molecular weight is 424 g/mol. The van der Waals surface area contributed by atoms with Gasteiger partial charge in [-0.15, -0.1) is 11.3 Å². The summed E-state index contributed by atoms with van der Waals surface area (Å²) in [4.78, 5) is 24.5. The fourth-order valence-corrected chi connectivity index (χ4v) is 5.60. The van der Waals surface area contributed by atoms with Crippen LogP contribution in [0.5, 0.6) is 0 Å². The van der Waals surface area contributed by atoms with Crippen LogP contribution in [0.25, 0.3) is 20.4 Å². The molecule has 0 bridgehead atoms. The Balaban J connectivity index is 1.56. The molecule has 2 aromatic carbocycles.